The zero-order valence-corrected chi connectivity index (χ0v) is 13.1. The zero-order chi connectivity index (χ0) is 15.6. The molecule has 0 atom stereocenters. The van der Waals surface area contributed by atoms with Crippen LogP contribution in [0.25, 0.3) is 0 Å². The van der Waals surface area contributed by atoms with Gasteiger partial charge in [-0.05, 0) is 24.3 Å². The summed E-state index contributed by atoms with van der Waals surface area (Å²) >= 11 is 0. The summed E-state index contributed by atoms with van der Waals surface area (Å²) in [5.41, 5.74) is 1.93. The highest BCUT2D eigenvalue weighted by molar-refractivity contribution is 5.62. The summed E-state index contributed by atoms with van der Waals surface area (Å²) in [6.45, 7) is 1.77. The summed E-state index contributed by atoms with van der Waals surface area (Å²) < 4.78 is 0. The van der Waals surface area contributed by atoms with E-state index < -0.39 is 0 Å². The van der Waals surface area contributed by atoms with Crippen LogP contribution in [-0.4, -0.2) is 49.7 Å². The highest BCUT2D eigenvalue weighted by atomic mass is 15.2. The van der Waals surface area contributed by atoms with Crippen LogP contribution in [0, 0.1) is 0 Å². The van der Waals surface area contributed by atoms with E-state index in [0.29, 0.717) is 0 Å². The van der Waals surface area contributed by atoms with E-state index in [0.717, 1.165) is 24.5 Å². The molecule has 22 heavy (non-hydrogen) atoms. The van der Waals surface area contributed by atoms with E-state index in [9.17, 15) is 0 Å². The standard InChI is InChI=1S/C18H22N4/c1-21(15-19-17-9-5-3-6-10-17)13-14-22(2)16-20-18-11-7-4-8-12-18/h3-12,15-16H,13-14H2,1-2H3. The van der Waals surface area contributed by atoms with Crippen LogP contribution in [-0.2, 0) is 0 Å². The Morgan fingerprint density at radius 2 is 1.05 bits per heavy atom. The maximum atomic E-state index is 4.43. The molecule has 0 unspecified atom stereocenters. The molecule has 0 N–H and O–H groups in total. The molecule has 0 aromatic heterocycles. The summed E-state index contributed by atoms with van der Waals surface area (Å²) in [6.07, 6.45) is 3.72. The van der Waals surface area contributed by atoms with Gasteiger partial charge in [-0.1, -0.05) is 36.4 Å². The molecular formula is C18H22N4. The molecule has 0 saturated carbocycles. The fourth-order valence-corrected chi connectivity index (χ4v) is 1.79. The van der Waals surface area contributed by atoms with Crippen molar-refractivity contribution >= 4 is 24.1 Å². The van der Waals surface area contributed by atoms with Crippen LogP contribution in [0.3, 0.4) is 0 Å². The van der Waals surface area contributed by atoms with Crippen LogP contribution in [0.2, 0.25) is 0 Å². The third kappa shape index (κ3) is 5.79. The fourth-order valence-electron chi connectivity index (χ4n) is 1.79. The molecule has 0 aliphatic rings. The molecular weight excluding hydrogens is 272 g/mol. The van der Waals surface area contributed by atoms with Gasteiger partial charge in [0.05, 0.1) is 24.1 Å². The second-order valence-electron chi connectivity index (χ2n) is 5.12. The summed E-state index contributed by atoms with van der Waals surface area (Å²) in [7, 11) is 4.04. The summed E-state index contributed by atoms with van der Waals surface area (Å²) in [4.78, 5) is 13.0. The molecule has 0 aliphatic heterocycles. The van der Waals surface area contributed by atoms with Crippen molar-refractivity contribution in [2.24, 2.45) is 9.98 Å². The number of para-hydroxylation sites is 2. The van der Waals surface area contributed by atoms with Gasteiger partial charge in [0.15, 0.2) is 0 Å². The van der Waals surface area contributed by atoms with Crippen molar-refractivity contribution in [2.75, 3.05) is 27.2 Å². The first-order valence-corrected chi connectivity index (χ1v) is 7.33. The Labute approximate surface area is 132 Å². The Hall–Kier alpha value is -2.62. The second-order valence-corrected chi connectivity index (χ2v) is 5.12. The lowest BCUT2D eigenvalue weighted by Gasteiger charge is -2.18. The maximum Gasteiger partial charge on any atom is 0.0910 e. The smallest absolute Gasteiger partial charge is 0.0910 e. The molecule has 0 aliphatic carbocycles. The molecule has 2 aromatic carbocycles. The van der Waals surface area contributed by atoms with Gasteiger partial charge < -0.3 is 9.80 Å². The van der Waals surface area contributed by atoms with Gasteiger partial charge in [-0.25, -0.2) is 9.98 Å². The Bertz CT molecular complexity index is 537. The van der Waals surface area contributed by atoms with Crippen molar-refractivity contribution in [1.29, 1.82) is 0 Å². The Kier molecular flexibility index (Phi) is 6.18. The van der Waals surface area contributed by atoms with Gasteiger partial charge in [-0.2, -0.15) is 0 Å². The normalized spacial score (nSPS) is 11.2. The number of hydrogen-bond acceptors (Lipinski definition) is 2. The van der Waals surface area contributed by atoms with Crippen LogP contribution in [0.15, 0.2) is 70.6 Å². The van der Waals surface area contributed by atoms with Crippen molar-refractivity contribution in [3.63, 3.8) is 0 Å². The van der Waals surface area contributed by atoms with Crippen molar-refractivity contribution in [3.05, 3.63) is 60.7 Å². The molecule has 0 bridgehead atoms. The van der Waals surface area contributed by atoms with Gasteiger partial charge in [-0.3, -0.25) is 0 Å². The maximum absolute atomic E-state index is 4.43. The van der Waals surface area contributed by atoms with E-state index in [-0.39, 0.29) is 0 Å². The van der Waals surface area contributed by atoms with Crippen molar-refractivity contribution in [2.45, 2.75) is 0 Å². The van der Waals surface area contributed by atoms with Crippen LogP contribution in [0.4, 0.5) is 11.4 Å². The van der Waals surface area contributed by atoms with Gasteiger partial charge in [0.2, 0.25) is 0 Å². The summed E-state index contributed by atoms with van der Waals surface area (Å²) in [6, 6.07) is 19.9. The minimum absolute atomic E-state index is 0.883. The predicted octanol–water partition coefficient (Wildman–Crippen LogP) is 3.57. The topological polar surface area (TPSA) is 31.2 Å². The molecule has 0 saturated heterocycles. The predicted molar refractivity (Wildman–Crippen MR) is 94.4 cm³/mol. The first-order chi connectivity index (χ1) is 10.7. The quantitative estimate of drug-likeness (QED) is 0.577. The molecule has 114 valence electrons. The Morgan fingerprint density at radius 1 is 0.682 bits per heavy atom. The molecule has 0 heterocycles. The minimum atomic E-state index is 0.883. The molecule has 0 spiro atoms. The van der Waals surface area contributed by atoms with E-state index in [2.05, 4.69) is 19.8 Å². The van der Waals surface area contributed by atoms with Gasteiger partial charge in [0.1, 0.15) is 0 Å². The molecule has 4 nitrogen and oxygen atoms in total. The molecule has 0 fully saturated rings. The Morgan fingerprint density at radius 3 is 1.41 bits per heavy atom. The first kappa shape index (κ1) is 15.8. The van der Waals surface area contributed by atoms with Gasteiger partial charge in [0, 0.05) is 27.2 Å². The number of rotatable bonds is 7. The largest absolute Gasteiger partial charge is 0.364 e. The molecule has 0 amide bonds. The number of likely N-dealkylation sites (N-methyl/N-ethyl adjacent to an activating group) is 2. The van der Waals surface area contributed by atoms with Gasteiger partial charge in [0.25, 0.3) is 0 Å². The van der Waals surface area contributed by atoms with Crippen LogP contribution < -0.4 is 0 Å². The minimum Gasteiger partial charge on any atom is -0.364 e. The Balaban J connectivity index is 1.75. The van der Waals surface area contributed by atoms with Crippen molar-refractivity contribution < 1.29 is 0 Å². The van der Waals surface area contributed by atoms with E-state index >= 15 is 0 Å². The zero-order valence-electron chi connectivity index (χ0n) is 13.1. The van der Waals surface area contributed by atoms with E-state index in [1.807, 2.05) is 87.4 Å². The van der Waals surface area contributed by atoms with E-state index in [1.165, 1.54) is 0 Å². The third-order valence-corrected chi connectivity index (χ3v) is 3.13. The van der Waals surface area contributed by atoms with Crippen LogP contribution >= 0.6 is 0 Å². The fraction of sp³-hybridized carbons (Fsp3) is 0.222. The van der Waals surface area contributed by atoms with E-state index in [4.69, 9.17) is 0 Å². The number of nitrogens with zero attached hydrogens (tertiary/aromatic N) is 4. The number of benzene rings is 2. The first-order valence-electron chi connectivity index (χ1n) is 7.33. The highest BCUT2D eigenvalue weighted by Crippen LogP contribution is 2.09. The van der Waals surface area contributed by atoms with Crippen molar-refractivity contribution in [1.82, 2.24) is 9.80 Å². The van der Waals surface area contributed by atoms with E-state index in [1.54, 1.807) is 0 Å². The lowest BCUT2D eigenvalue weighted by molar-refractivity contribution is 0.425. The highest BCUT2D eigenvalue weighted by Gasteiger charge is 1.96. The lowest BCUT2D eigenvalue weighted by atomic mass is 10.3. The van der Waals surface area contributed by atoms with Gasteiger partial charge in [-0.15, -0.1) is 0 Å². The number of hydrogen-bond donors (Lipinski definition) is 0. The summed E-state index contributed by atoms with van der Waals surface area (Å²) in [5.74, 6) is 0. The third-order valence-electron chi connectivity index (χ3n) is 3.13. The average molecular weight is 294 g/mol. The SMILES string of the molecule is CN(C=Nc1ccccc1)CCN(C)C=Nc1ccccc1. The summed E-state index contributed by atoms with van der Waals surface area (Å²) in [5, 5.41) is 0. The van der Waals surface area contributed by atoms with Crippen molar-refractivity contribution in [3.8, 4) is 0 Å². The van der Waals surface area contributed by atoms with Crippen LogP contribution in [0.1, 0.15) is 0 Å². The van der Waals surface area contributed by atoms with Crippen LogP contribution in [0.5, 0.6) is 0 Å². The second kappa shape index (κ2) is 8.62. The number of aliphatic imine (C=N–C) groups is 2. The molecule has 2 aromatic rings. The monoisotopic (exact) mass is 294 g/mol. The average Bonchev–Trinajstić information content (AvgIpc) is 2.58. The lowest BCUT2D eigenvalue weighted by Crippen LogP contribution is -2.29. The molecule has 4 heteroatoms. The van der Waals surface area contributed by atoms with Gasteiger partial charge >= 0.3 is 0 Å². The molecule has 0 radical (unpaired) electrons. The molecule has 2 rings (SSSR count).